The van der Waals surface area contributed by atoms with Crippen LogP contribution in [-0.2, 0) is 14.3 Å². The quantitative estimate of drug-likeness (QED) is 0.786. The van der Waals surface area contributed by atoms with Crippen molar-refractivity contribution in [3.05, 3.63) is 0 Å². The zero-order valence-electron chi connectivity index (χ0n) is 9.80. The van der Waals surface area contributed by atoms with Crippen molar-refractivity contribution in [3.63, 3.8) is 0 Å². The van der Waals surface area contributed by atoms with Crippen LogP contribution in [0.15, 0.2) is 0 Å². The van der Waals surface area contributed by atoms with Gasteiger partial charge in [0.2, 0.25) is 0 Å². The van der Waals surface area contributed by atoms with E-state index in [0.717, 1.165) is 12.2 Å². The van der Waals surface area contributed by atoms with Gasteiger partial charge in [-0.05, 0) is 19.8 Å². The summed E-state index contributed by atoms with van der Waals surface area (Å²) in [5.41, 5.74) is 0. The Balaban J connectivity index is 2.03. The zero-order chi connectivity index (χ0) is 12.4. The summed E-state index contributed by atoms with van der Waals surface area (Å²) in [4.78, 5) is 24.8. The van der Waals surface area contributed by atoms with E-state index in [2.05, 4.69) is 0 Å². The molecule has 17 heavy (non-hydrogen) atoms. The second kappa shape index (κ2) is 5.27. The first-order valence-electron chi connectivity index (χ1n) is 5.86. The number of carboxylic acid groups (broad SMARTS) is 1. The van der Waals surface area contributed by atoms with Crippen LogP contribution in [0.4, 0.5) is 0 Å². The minimum atomic E-state index is -0.920. The molecule has 0 bridgehead atoms. The van der Waals surface area contributed by atoms with E-state index in [1.165, 1.54) is 4.90 Å². The summed E-state index contributed by atoms with van der Waals surface area (Å²) >= 11 is 1.58. The first kappa shape index (κ1) is 12.7. The first-order valence-corrected chi connectivity index (χ1v) is 7.01. The number of nitrogens with zero attached hydrogens (tertiary/aromatic N) is 1. The Kier molecular flexibility index (Phi) is 3.93. The molecule has 2 aliphatic rings. The van der Waals surface area contributed by atoms with Gasteiger partial charge < -0.3 is 14.7 Å². The van der Waals surface area contributed by atoms with E-state index in [-0.39, 0.29) is 12.0 Å². The van der Waals surface area contributed by atoms with Crippen molar-refractivity contribution in [1.29, 1.82) is 0 Å². The summed E-state index contributed by atoms with van der Waals surface area (Å²) in [5, 5.41) is 9.10. The summed E-state index contributed by atoms with van der Waals surface area (Å²) in [7, 11) is 0. The second-order valence-electron chi connectivity index (χ2n) is 4.47. The van der Waals surface area contributed by atoms with Gasteiger partial charge in [-0.2, -0.15) is 11.8 Å². The largest absolute Gasteiger partial charge is 0.480 e. The van der Waals surface area contributed by atoms with Crippen LogP contribution in [0.3, 0.4) is 0 Å². The molecule has 5 nitrogen and oxygen atoms in total. The molecule has 3 atom stereocenters. The number of hydrogen-bond donors (Lipinski definition) is 1. The third kappa shape index (κ3) is 2.74. The number of aliphatic carboxylic acids is 1. The Hall–Kier alpha value is -0.750. The van der Waals surface area contributed by atoms with Crippen LogP contribution in [0, 0.1) is 0 Å². The highest BCUT2D eigenvalue weighted by Crippen LogP contribution is 2.24. The van der Waals surface area contributed by atoms with Crippen LogP contribution in [0.25, 0.3) is 0 Å². The average Bonchev–Trinajstić information content (AvgIpc) is 2.75. The molecular weight excluding hydrogens is 242 g/mol. The molecule has 1 N–H and O–H groups in total. The van der Waals surface area contributed by atoms with E-state index in [4.69, 9.17) is 9.84 Å². The van der Waals surface area contributed by atoms with Gasteiger partial charge in [-0.3, -0.25) is 4.79 Å². The van der Waals surface area contributed by atoms with Crippen LogP contribution >= 0.6 is 11.8 Å². The highest BCUT2D eigenvalue weighted by molar-refractivity contribution is 7.99. The number of carbonyl (C=O) groups is 2. The maximum absolute atomic E-state index is 12.2. The van der Waals surface area contributed by atoms with Gasteiger partial charge in [0.05, 0.1) is 6.10 Å². The lowest BCUT2D eigenvalue weighted by Crippen LogP contribution is -2.53. The fraction of sp³-hybridized carbons (Fsp3) is 0.818. The van der Waals surface area contributed by atoms with Gasteiger partial charge in [-0.15, -0.1) is 0 Å². The van der Waals surface area contributed by atoms with Gasteiger partial charge in [0.1, 0.15) is 12.1 Å². The molecule has 3 unspecified atom stereocenters. The number of amides is 1. The number of ether oxygens (including phenoxy) is 1. The van der Waals surface area contributed by atoms with Crippen molar-refractivity contribution in [3.8, 4) is 0 Å². The maximum atomic E-state index is 12.2. The number of rotatable bonds is 2. The molecule has 96 valence electrons. The average molecular weight is 259 g/mol. The summed E-state index contributed by atoms with van der Waals surface area (Å²) in [6.07, 6.45) is 1.24. The van der Waals surface area contributed by atoms with Gasteiger partial charge in [-0.25, -0.2) is 4.79 Å². The molecule has 2 rings (SSSR count). The Morgan fingerprint density at radius 3 is 2.76 bits per heavy atom. The lowest BCUT2D eigenvalue weighted by molar-refractivity contribution is -0.154. The van der Waals surface area contributed by atoms with Crippen molar-refractivity contribution in [1.82, 2.24) is 4.90 Å². The lowest BCUT2D eigenvalue weighted by Gasteiger charge is -2.34. The van der Waals surface area contributed by atoms with Crippen LogP contribution < -0.4 is 0 Å². The Morgan fingerprint density at radius 2 is 2.18 bits per heavy atom. The van der Waals surface area contributed by atoms with Crippen molar-refractivity contribution in [2.24, 2.45) is 0 Å². The highest BCUT2D eigenvalue weighted by atomic mass is 32.2. The van der Waals surface area contributed by atoms with Gasteiger partial charge in [0.25, 0.3) is 5.91 Å². The van der Waals surface area contributed by atoms with Crippen LogP contribution in [0.1, 0.15) is 19.8 Å². The Bertz CT molecular complexity index is 323. The van der Waals surface area contributed by atoms with Crippen molar-refractivity contribution < 1.29 is 19.4 Å². The molecule has 0 radical (unpaired) electrons. The number of thioether (sulfide) groups is 1. The summed E-state index contributed by atoms with van der Waals surface area (Å²) in [6.45, 7) is 2.45. The van der Waals surface area contributed by atoms with Crippen molar-refractivity contribution in [2.45, 2.75) is 38.0 Å². The minimum Gasteiger partial charge on any atom is -0.480 e. The van der Waals surface area contributed by atoms with E-state index in [1.54, 1.807) is 11.8 Å². The third-order valence-electron chi connectivity index (χ3n) is 3.20. The van der Waals surface area contributed by atoms with Gasteiger partial charge in [0.15, 0.2) is 0 Å². The number of hydrogen-bond acceptors (Lipinski definition) is 4. The lowest BCUT2D eigenvalue weighted by atomic mass is 10.1. The van der Waals surface area contributed by atoms with Gasteiger partial charge in [-0.1, -0.05) is 0 Å². The molecule has 0 aromatic rings. The first-order chi connectivity index (χ1) is 8.09. The maximum Gasteiger partial charge on any atom is 0.327 e. The third-order valence-corrected chi connectivity index (χ3v) is 4.23. The molecule has 2 heterocycles. The molecule has 2 saturated heterocycles. The smallest absolute Gasteiger partial charge is 0.327 e. The molecule has 1 amide bonds. The van der Waals surface area contributed by atoms with E-state index in [9.17, 15) is 9.59 Å². The topological polar surface area (TPSA) is 66.8 Å². The molecule has 0 aromatic heterocycles. The predicted octanol–water partition coefficient (Wildman–Crippen LogP) is 0.583. The van der Waals surface area contributed by atoms with E-state index < -0.39 is 18.1 Å². The van der Waals surface area contributed by atoms with E-state index in [1.807, 2.05) is 6.92 Å². The summed E-state index contributed by atoms with van der Waals surface area (Å²) in [6, 6.07) is -0.694. The fourth-order valence-electron chi connectivity index (χ4n) is 2.24. The normalized spacial score (nSPS) is 33.7. The Labute approximate surface area is 104 Å². The molecule has 0 aromatic carbocycles. The molecule has 0 aliphatic carbocycles. The highest BCUT2D eigenvalue weighted by Gasteiger charge is 2.38. The van der Waals surface area contributed by atoms with Crippen LogP contribution in [0.2, 0.25) is 0 Å². The fourth-order valence-corrected chi connectivity index (χ4v) is 3.28. The second-order valence-corrected chi connectivity index (χ2v) is 5.62. The van der Waals surface area contributed by atoms with Crippen LogP contribution in [-0.4, -0.2) is 58.2 Å². The molecule has 2 fully saturated rings. The van der Waals surface area contributed by atoms with E-state index >= 15 is 0 Å². The monoisotopic (exact) mass is 259 g/mol. The van der Waals surface area contributed by atoms with Crippen molar-refractivity contribution >= 4 is 23.6 Å². The van der Waals surface area contributed by atoms with Crippen LogP contribution in [0.5, 0.6) is 0 Å². The molecule has 0 saturated carbocycles. The Morgan fingerprint density at radius 1 is 1.41 bits per heavy atom. The molecular formula is C11H17NO4S. The van der Waals surface area contributed by atoms with Gasteiger partial charge in [0, 0.05) is 18.1 Å². The van der Waals surface area contributed by atoms with Crippen molar-refractivity contribution in [2.75, 3.05) is 18.1 Å². The molecule has 0 spiro atoms. The number of carboxylic acids is 1. The number of carbonyl (C=O) groups excluding carboxylic acids is 1. The van der Waals surface area contributed by atoms with Gasteiger partial charge >= 0.3 is 5.97 Å². The zero-order valence-corrected chi connectivity index (χ0v) is 10.6. The van der Waals surface area contributed by atoms with E-state index in [0.29, 0.717) is 18.7 Å². The minimum absolute atomic E-state index is 0.103. The molecule has 6 heteroatoms. The summed E-state index contributed by atoms with van der Waals surface area (Å²) < 4.78 is 5.51. The predicted molar refractivity (Wildman–Crippen MR) is 64.0 cm³/mol. The standard InChI is InChI=1S/C11H17NO4S/c1-7-2-3-9(16-7)10(13)12-4-5-17-6-8(12)11(14)15/h7-9H,2-6H2,1H3,(H,14,15). The molecule has 2 aliphatic heterocycles. The summed E-state index contributed by atoms with van der Waals surface area (Å²) in [5.74, 6) is 0.208. The SMILES string of the molecule is CC1CCC(C(=O)N2CCSCC2C(=O)O)O1.